The summed E-state index contributed by atoms with van der Waals surface area (Å²) >= 11 is 0. The molecule has 0 aliphatic carbocycles. The van der Waals surface area contributed by atoms with Gasteiger partial charge in [0.2, 0.25) is 0 Å². The molecule has 0 N–H and O–H groups in total. The van der Waals surface area contributed by atoms with Crippen LogP contribution < -0.4 is 4.74 Å². The molecule has 0 heterocycles. The molecule has 81 valence electrons. The Balaban J connectivity index is 2.22. The second-order valence-corrected chi connectivity index (χ2v) is 3.55. The summed E-state index contributed by atoms with van der Waals surface area (Å²) in [6.07, 6.45) is 6.75. The van der Waals surface area contributed by atoms with Crippen molar-refractivity contribution in [2.24, 2.45) is 0 Å². The fourth-order valence-corrected chi connectivity index (χ4v) is 1.50. The topological polar surface area (TPSA) is 26.3 Å². The van der Waals surface area contributed by atoms with Gasteiger partial charge in [-0.25, -0.2) is 0 Å². The van der Waals surface area contributed by atoms with Gasteiger partial charge in [0.15, 0.2) is 6.29 Å². The van der Waals surface area contributed by atoms with Crippen LogP contribution in [0, 0.1) is 0 Å². The molecule has 0 saturated heterocycles. The number of benzene rings is 1. The SMILES string of the molecule is COc1ccc(CCCCC[C]=O)cc1. The number of hydrogen-bond acceptors (Lipinski definition) is 2. The highest BCUT2D eigenvalue weighted by Crippen LogP contribution is 2.13. The summed E-state index contributed by atoms with van der Waals surface area (Å²) in [6.45, 7) is 0. The third-order valence-corrected chi connectivity index (χ3v) is 2.40. The lowest BCUT2D eigenvalue weighted by Crippen LogP contribution is -1.87. The van der Waals surface area contributed by atoms with Crippen molar-refractivity contribution in [3.05, 3.63) is 29.8 Å². The van der Waals surface area contributed by atoms with E-state index in [0.717, 1.165) is 31.4 Å². The van der Waals surface area contributed by atoms with Crippen LogP contribution in [0.25, 0.3) is 0 Å². The molecule has 15 heavy (non-hydrogen) atoms. The molecule has 1 rings (SSSR count). The zero-order valence-corrected chi connectivity index (χ0v) is 9.16. The third kappa shape index (κ3) is 4.63. The predicted octanol–water partition coefficient (Wildman–Crippen LogP) is 2.91. The Morgan fingerprint density at radius 1 is 1.13 bits per heavy atom. The van der Waals surface area contributed by atoms with Crippen molar-refractivity contribution in [3.63, 3.8) is 0 Å². The highest BCUT2D eigenvalue weighted by atomic mass is 16.5. The van der Waals surface area contributed by atoms with Gasteiger partial charge >= 0.3 is 0 Å². The van der Waals surface area contributed by atoms with E-state index in [9.17, 15) is 4.79 Å². The summed E-state index contributed by atoms with van der Waals surface area (Å²) in [5, 5.41) is 0. The predicted molar refractivity (Wildman–Crippen MR) is 60.9 cm³/mol. The number of hydrogen-bond donors (Lipinski definition) is 0. The fraction of sp³-hybridized carbons (Fsp3) is 0.462. The van der Waals surface area contributed by atoms with Crippen molar-refractivity contribution in [1.29, 1.82) is 0 Å². The maximum Gasteiger partial charge on any atom is 0.198 e. The van der Waals surface area contributed by atoms with Crippen LogP contribution in [0.5, 0.6) is 5.75 Å². The van der Waals surface area contributed by atoms with E-state index < -0.39 is 0 Å². The molecule has 0 bridgehead atoms. The maximum absolute atomic E-state index is 9.97. The quantitative estimate of drug-likeness (QED) is 0.640. The Kier molecular flexibility index (Phi) is 5.52. The zero-order chi connectivity index (χ0) is 10.9. The van der Waals surface area contributed by atoms with Crippen molar-refractivity contribution < 1.29 is 9.53 Å². The van der Waals surface area contributed by atoms with Crippen molar-refractivity contribution >= 4 is 6.29 Å². The monoisotopic (exact) mass is 205 g/mol. The van der Waals surface area contributed by atoms with Gasteiger partial charge in [-0.1, -0.05) is 18.6 Å². The van der Waals surface area contributed by atoms with Crippen molar-refractivity contribution in [1.82, 2.24) is 0 Å². The van der Waals surface area contributed by atoms with Crippen molar-refractivity contribution in [2.45, 2.75) is 32.1 Å². The van der Waals surface area contributed by atoms with Gasteiger partial charge < -0.3 is 4.74 Å². The second-order valence-electron chi connectivity index (χ2n) is 3.55. The molecule has 0 atom stereocenters. The second kappa shape index (κ2) is 7.04. The highest BCUT2D eigenvalue weighted by Gasteiger charge is 1.95. The van der Waals surface area contributed by atoms with E-state index in [0.29, 0.717) is 6.42 Å². The first-order valence-electron chi connectivity index (χ1n) is 5.34. The van der Waals surface area contributed by atoms with Gasteiger partial charge in [0.25, 0.3) is 0 Å². The normalized spacial score (nSPS) is 9.93. The van der Waals surface area contributed by atoms with Crippen LogP contribution >= 0.6 is 0 Å². The third-order valence-electron chi connectivity index (χ3n) is 2.40. The first kappa shape index (κ1) is 11.8. The van der Waals surface area contributed by atoms with Gasteiger partial charge in [0.1, 0.15) is 5.75 Å². The van der Waals surface area contributed by atoms with Gasteiger partial charge in [-0.3, -0.25) is 4.79 Å². The van der Waals surface area contributed by atoms with Crippen LogP contribution in [0.15, 0.2) is 24.3 Å². The van der Waals surface area contributed by atoms with Crippen molar-refractivity contribution in [3.8, 4) is 5.75 Å². The number of rotatable bonds is 7. The minimum atomic E-state index is 0.572. The molecular weight excluding hydrogens is 188 g/mol. The molecular formula is C13H17O2. The Labute approximate surface area is 91.3 Å². The van der Waals surface area contributed by atoms with E-state index >= 15 is 0 Å². The molecule has 2 heteroatoms. The molecule has 1 aromatic rings. The molecule has 0 fully saturated rings. The van der Waals surface area contributed by atoms with E-state index in [1.54, 1.807) is 7.11 Å². The van der Waals surface area contributed by atoms with Crippen molar-refractivity contribution in [2.75, 3.05) is 7.11 Å². The minimum Gasteiger partial charge on any atom is -0.497 e. The Hall–Kier alpha value is -1.31. The van der Waals surface area contributed by atoms with E-state index in [1.165, 1.54) is 5.56 Å². The lowest BCUT2D eigenvalue weighted by atomic mass is 10.1. The van der Waals surface area contributed by atoms with E-state index in [-0.39, 0.29) is 0 Å². The first-order chi connectivity index (χ1) is 7.36. The van der Waals surface area contributed by atoms with E-state index in [4.69, 9.17) is 4.74 Å². The lowest BCUT2D eigenvalue weighted by molar-refractivity contribution is 0.414. The van der Waals surface area contributed by atoms with Gasteiger partial charge in [-0.05, 0) is 37.0 Å². The lowest BCUT2D eigenvalue weighted by Gasteiger charge is -2.02. The molecule has 0 aliphatic rings. The average Bonchev–Trinajstić information content (AvgIpc) is 2.30. The molecule has 0 aliphatic heterocycles. The number of ether oxygens (including phenoxy) is 1. The number of unbranched alkanes of at least 4 members (excludes halogenated alkanes) is 3. The molecule has 0 saturated carbocycles. The van der Waals surface area contributed by atoms with E-state index in [1.807, 2.05) is 18.4 Å². The Morgan fingerprint density at radius 2 is 1.87 bits per heavy atom. The maximum atomic E-state index is 9.97. The highest BCUT2D eigenvalue weighted by molar-refractivity contribution is 5.50. The molecule has 1 radical (unpaired) electrons. The zero-order valence-electron chi connectivity index (χ0n) is 9.16. The summed E-state index contributed by atoms with van der Waals surface area (Å²) in [5.74, 6) is 0.898. The van der Waals surface area contributed by atoms with Crippen LogP contribution in [-0.4, -0.2) is 13.4 Å². The van der Waals surface area contributed by atoms with Gasteiger partial charge in [0.05, 0.1) is 7.11 Å². The van der Waals surface area contributed by atoms with Crippen LogP contribution in [0.2, 0.25) is 0 Å². The molecule has 0 unspecified atom stereocenters. The molecule has 2 nitrogen and oxygen atoms in total. The minimum absolute atomic E-state index is 0.572. The summed E-state index contributed by atoms with van der Waals surface area (Å²) in [4.78, 5) is 9.97. The largest absolute Gasteiger partial charge is 0.497 e. The average molecular weight is 205 g/mol. The van der Waals surface area contributed by atoms with Gasteiger partial charge in [0, 0.05) is 6.42 Å². The van der Waals surface area contributed by atoms with Crippen LogP contribution in [0.1, 0.15) is 31.2 Å². The standard InChI is InChI=1S/C13H17O2/c1-15-13-9-7-12(8-10-13)6-4-2-3-5-11-14/h7-10H,2-6H2,1H3. The molecule has 0 amide bonds. The molecule has 0 spiro atoms. The van der Waals surface area contributed by atoms with Gasteiger partial charge in [-0.2, -0.15) is 0 Å². The summed E-state index contributed by atoms with van der Waals surface area (Å²) in [6, 6.07) is 8.14. The Bertz CT molecular complexity index is 277. The number of carbonyl (C=O) groups excluding carboxylic acids is 1. The van der Waals surface area contributed by atoms with Crippen LogP contribution in [-0.2, 0) is 11.2 Å². The fourth-order valence-electron chi connectivity index (χ4n) is 1.50. The Morgan fingerprint density at radius 3 is 2.47 bits per heavy atom. The summed E-state index contributed by atoms with van der Waals surface area (Å²) < 4.78 is 5.08. The number of aryl methyl sites for hydroxylation is 1. The first-order valence-corrected chi connectivity index (χ1v) is 5.34. The molecule has 0 aromatic heterocycles. The van der Waals surface area contributed by atoms with E-state index in [2.05, 4.69) is 12.1 Å². The smallest absolute Gasteiger partial charge is 0.198 e. The summed E-state index contributed by atoms with van der Waals surface area (Å²) in [5.41, 5.74) is 1.32. The molecule has 1 aromatic carbocycles. The summed E-state index contributed by atoms with van der Waals surface area (Å²) in [7, 11) is 1.67. The van der Waals surface area contributed by atoms with Gasteiger partial charge in [-0.15, -0.1) is 0 Å². The van der Waals surface area contributed by atoms with Crippen LogP contribution in [0.3, 0.4) is 0 Å². The number of methoxy groups -OCH3 is 1. The van der Waals surface area contributed by atoms with Crippen LogP contribution in [0.4, 0.5) is 0 Å².